The van der Waals surface area contributed by atoms with Gasteiger partial charge in [0, 0.05) is 23.1 Å². The molecule has 0 unspecified atom stereocenters. The van der Waals surface area contributed by atoms with Gasteiger partial charge in [-0.1, -0.05) is 6.07 Å². The summed E-state index contributed by atoms with van der Waals surface area (Å²) in [6, 6.07) is 9.46. The average Bonchev–Trinajstić information content (AvgIpc) is 3.12. The summed E-state index contributed by atoms with van der Waals surface area (Å²) in [6.45, 7) is 11.4. The van der Waals surface area contributed by atoms with Crippen molar-refractivity contribution in [1.82, 2.24) is 15.0 Å². The standard InChI is InChI=1S/C20H14N4OS/c1-12-18(13(2)24-11-23-12)16-5-4-15(10-17(16)21-3)25-20-19-14(6-8-22-20)7-9-26-19/h4-11H,1-2H3. The molecule has 0 bridgehead atoms. The molecule has 6 heteroatoms. The molecule has 4 rings (SSSR count). The van der Waals surface area contributed by atoms with Crippen LogP contribution in [-0.4, -0.2) is 15.0 Å². The molecule has 1 aromatic carbocycles. The largest absolute Gasteiger partial charge is 0.439 e. The Labute approximate surface area is 154 Å². The molecule has 0 N–H and O–H groups in total. The Balaban J connectivity index is 1.77. The lowest BCUT2D eigenvalue weighted by molar-refractivity contribution is 0.470. The highest BCUT2D eigenvalue weighted by Crippen LogP contribution is 2.38. The van der Waals surface area contributed by atoms with Crippen LogP contribution in [0.2, 0.25) is 0 Å². The Kier molecular flexibility index (Phi) is 4.07. The van der Waals surface area contributed by atoms with Gasteiger partial charge in [-0.05, 0) is 54.4 Å². The molecule has 0 aliphatic heterocycles. The van der Waals surface area contributed by atoms with Crippen molar-refractivity contribution in [3.63, 3.8) is 0 Å². The van der Waals surface area contributed by atoms with Crippen LogP contribution in [0, 0.1) is 20.4 Å². The van der Waals surface area contributed by atoms with Gasteiger partial charge in [-0.25, -0.2) is 19.8 Å². The number of ether oxygens (including phenoxy) is 1. The van der Waals surface area contributed by atoms with Gasteiger partial charge >= 0.3 is 0 Å². The average molecular weight is 358 g/mol. The van der Waals surface area contributed by atoms with Gasteiger partial charge in [0.25, 0.3) is 0 Å². The minimum absolute atomic E-state index is 0.502. The van der Waals surface area contributed by atoms with Gasteiger partial charge in [0.15, 0.2) is 5.69 Å². The van der Waals surface area contributed by atoms with Crippen molar-refractivity contribution in [2.24, 2.45) is 0 Å². The summed E-state index contributed by atoms with van der Waals surface area (Å²) < 4.78 is 6.96. The first kappa shape index (κ1) is 16.2. The Hall–Kier alpha value is -3.30. The molecule has 0 aliphatic rings. The van der Waals surface area contributed by atoms with Crippen LogP contribution in [-0.2, 0) is 0 Å². The number of nitrogens with zero attached hydrogens (tertiary/aromatic N) is 4. The van der Waals surface area contributed by atoms with E-state index in [1.165, 1.54) is 6.33 Å². The highest BCUT2D eigenvalue weighted by molar-refractivity contribution is 7.17. The van der Waals surface area contributed by atoms with E-state index in [9.17, 15) is 0 Å². The van der Waals surface area contributed by atoms with E-state index in [0.717, 1.165) is 32.6 Å². The number of aromatic nitrogens is 3. The third-order valence-corrected chi connectivity index (χ3v) is 5.05. The Morgan fingerprint density at radius 1 is 1.04 bits per heavy atom. The molecule has 0 amide bonds. The molecule has 3 heterocycles. The molecule has 0 fully saturated rings. The molecule has 26 heavy (non-hydrogen) atoms. The van der Waals surface area contributed by atoms with E-state index < -0.39 is 0 Å². The fraction of sp³-hybridized carbons (Fsp3) is 0.100. The number of rotatable bonds is 3. The van der Waals surface area contributed by atoms with Gasteiger partial charge in [0.2, 0.25) is 5.88 Å². The van der Waals surface area contributed by atoms with Crippen molar-refractivity contribution in [2.75, 3.05) is 0 Å². The fourth-order valence-corrected chi connectivity index (χ4v) is 3.73. The minimum Gasteiger partial charge on any atom is -0.439 e. The Morgan fingerprint density at radius 3 is 2.62 bits per heavy atom. The van der Waals surface area contributed by atoms with Gasteiger partial charge in [0.05, 0.1) is 11.3 Å². The van der Waals surface area contributed by atoms with Crippen molar-refractivity contribution in [2.45, 2.75) is 13.8 Å². The molecule has 5 nitrogen and oxygen atoms in total. The second kappa shape index (κ2) is 6.54. The highest BCUT2D eigenvalue weighted by Gasteiger charge is 2.14. The normalized spacial score (nSPS) is 10.7. The zero-order valence-corrected chi connectivity index (χ0v) is 15.0. The van der Waals surface area contributed by atoms with Crippen molar-refractivity contribution >= 4 is 27.1 Å². The SMILES string of the molecule is [C-]#[N+]c1cc(Oc2nccc3ccsc23)ccc1-c1c(C)ncnc1C. The maximum absolute atomic E-state index is 7.57. The third-order valence-electron chi connectivity index (χ3n) is 4.14. The second-order valence-corrected chi connectivity index (χ2v) is 6.68. The first-order chi connectivity index (χ1) is 12.7. The first-order valence-electron chi connectivity index (χ1n) is 7.97. The summed E-state index contributed by atoms with van der Waals surface area (Å²) >= 11 is 1.58. The van der Waals surface area contributed by atoms with Crippen LogP contribution in [0.5, 0.6) is 11.6 Å². The molecule has 126 valence electrons. The first-order valence-corrected chi connectivity index (χ1v) is 8.85. The molecule has 0 radical (unpaired) electrons. The second-order valence-electron chi connectivity index (χ2n) is 5.77. The zero-order chi connectivity index (χ0) is 18.1. The number of aryl methyl sites for hydroxylation is 2. The van der Waals surface area contributed by atoms with Crippen LogP contribution in [0.1, 0.15) is 11.4 Å². The van der Waals surface area contributed by atoms with E-state index in [0.29, 0.717) is 17.3 Å². The van der Waals surface area contributed by atoms with Crippen LogP contribution in [0.25, 0.3) is 26.1 Å². The Bertz CT molecular complexity index is 1140. The number of hydrogen-bond acceptors (Lipinski definition) is 5. The van der Waals surface area contributed by atoms with Crippen LogP contribution >= 0.6 is 11.3 Å². The molecule has 4 aromatic rings. The fourth-order valence-electron chi connectivity index (χ4n) is 2.91. The van der Waals surface area contributed by atoms with E-state index in [4.69, 9.17) is 11.3 Å². The van der Waals surface area contributed by atoms with Crippen molar-refractivity contribution in [1.29, 1.82) is 0 Å². The molecule has 0 saturated heterocycles. The van der Waals surface area contributed by atoms with E-state index in [2.05, 4.69) is 19.8 Å². The smallest absolute Gasteiger partial charge is 0.237 e. The van der Waals surface area contributed by atoms with Crippen LogP contribution in [0.4, 0.5) is 5.69 Å². The molecule has 0 atom stereocenters. The molecule has 3 aromatic heterocycles. The van der Waals surface area contributed by atoms with Gasteiger partial charge in [-0.2, -0.15) is 0 Å². The number of thiophene rings is 1. The monoisotopic (exact) mass is 358 g/mol. The summed E-state index contributed by atoms with van der Waals surface area (Å²) in [4.78, 5) is 16.5. The minimum atomic E-state index is 0.502. The lowest BCUT2D eigenvalue weighted by atomic mass is 10.0. The molecule has 0 aliphatic carbocycles. The van der Waals surface area contributed by atoms with E-state index >= 15 is 0 Å². The quantitative estimate of drug-likeness (QED) is 0.440. The molecule has 0 spiro atoms. The maximum Gasteiger partial charge on any atom is 0.237 e. The predicted octanol–water partition coefficient (Wildman–Crippen LogP) is 5.71. The van der Waals surface area contributed by atoms with Crippen molar-refractivity contribution in [3.05, 3.63) is 71.0 Å². The van der Waals surface area contributed by atoms with E-state index in [1.54, 1.807) is 23.6 Å². The van der Waals surface area contributed by atoms with Gasteiger partial charge < -0.3 is 4.74 Å². The third kappa shape index (κ3) is 2.79. The summed E-state index contributed by atoms with van der Waals surface area (Å²) in [5, 5.41) is 3.10. The number of fused-ring (bicyclic) bond motifs is 1. The predicted molar refractivity (Wildman–Crippen MR) is 103 cm³/mol. The molecule has 0 saturated carbocycles. The summed E-state index contributed by atoms with van der Waals surface area (Å²) in [5.74, 6) is 1.14. The lowest BCUT2D eigenvalue weighted by Gasteiger charge is -2.12. The maximum atomic E-state index is 7.57. The lowest BCUT2D eigenvalue weighted by Crippen LogP contribution is -1.95. The van der Waals surface area contributed by atoms with Crippen LogP contribution in [0.3, 0.4) is 0 Å². The van der Waals surface area contributed by atoms with Crippen LogP contribution in [0.15, 0.2) is 48.2 Å². The summed E-state index contributed by atoms with van der Waals surface area (Å²) in [5.41, 5.74) is 3.90. The van der Waals surface area contributed by atoms with E-state index in [-0.39, 0.29) is 0 Å². The number of benzene rings is 1. The van der Waals surface area contributed by atoms with Gasteiger partial charge in [-0.15, -0.1) is 11.3 Å². The molecular weight excluding hydrogens is 344 g/mol. The molecular formula is C20H14N4OS. The summed E-state index contributed by atoms with van der Waals surface area (Å²) in [7, 11) is 0. The number of pyridine rings is 1. The topological polar surface area (TPSA) is 52.3 Å². The van der Waals surface area contributed by atoms with Crippen molar-refractivity contribution in [3.8, 4) is 22.8 Å². The highest BCUT2D eigenvalue weighted by atomic mass is 32.1. The van der Waals surface area contributed by atoms with Gasteiger partial charge in [-0.3, -0.25) is 0 Å². The number of hydrogen-bond donors (Lipinski definition) is 0. The zero-order valence-electron chi connectivity index (χ0n) is 14.2. The summed E-state index contributed by atoms with van der Waals surface area (Å²) in [6.07, 6.45) is 3.26. The van der Waals surface area contributed by atoms with Gasteiger partial charge in [0.1, 0.15) is 12.1 Å². The van der Waals surface area contributed by atoms with E-state index in [1.807, 2.05) is 43.5 Å². The Morgan fingerprint density at radius 2 is 1.85 bits per heavy atom. The van der Waals surface area contributed by atoms with Crippen molar-refractivity contribution < 1.29 is 4.74 Å². The van der Waals surface area contributed by atoms with Crippen LogP contribution < -0.4 is 4.74 Å².